The molecule has 0 aliphatic carbocycles. The van der Waals surface area contributed by atoms with Crippen LogP contribution in [0.3, 0.4) is 0 Å². The highest BCUT2D eigenvalue weighted by atomic mass is 79.9. The van der Waals surface area contributed by atoms with Gasteiger partial charge in [0.1, 0.15) is 6.04 Å². The Morgan fingerprint density at radius 1 is 1.21 bits per heavy atom. The molecular weight excluding hydrogens is 328 g/mol. The number of nitrogens with one attached hydrogen (secondary N) is 1. The van der Waals surface area contributed by atoms with Crippen LogP contribution in [-0.2, 0) is 4.79 Å². The molecule has 0 saturated carbocycles. The second-order valence-electron chi connectivity index (χ2n) is 4.01. The van der Waals surface area contributed by atoms with E-state index in [0.29, 0.717) is 10.7 Å². The first-order valence-electron chi connectivity index (χ1n) is 5.64. The summed E-state index contributed by atoms with van der Waals surface area (Å²) in [5.74, 6) is -0.274. The number of amides is 1. The zero-order chi connectivity index (χ0) is 13.8. The molecule has 98 valence electrons. The van der Waals surface area contributed by atoms with Crippen LogP contribution >= 0.6 is 27.5 Å². The van der Waals surface area contributed by atoms with Crippen LogP contribution in [0.1, 0.15) is 11.6 Å². The van der Waals surface area contributed by atoms with E-state index in [1.165, 1.54) is 0 Å². The third-order valence-corrected chi connectivity index (χ3v) is 3.86. The van der Waals surface area contributed by atoms with Gasteiger partial charge in [0.15, 0.2) is 0 Å². The largest absolute Gasteiger partial charge is 0.324 e. The summed E-state index contributed by atoms with van der Waals surface area (Å²) in [6.45, 7) is 0. The van der Waals surface area contributed by atoms with E-state index in [0.717, 1.165) is 10.0 Å². The summed E-state index contributed by atoms with van der Waals surface area (Å²) in [5, 5.41) is 3.27. The number of nitrogens with two attached hydrogens (primary N) is 1. The Kier molecular flexibility index (Phi) is 4.58. The smallest absolute Gasteiger partial charge is 0.245 e. The fraction of sp³-hybridized carbons (Fsp3) is 0.0714. The molecule has 0 aliphatic heterocycles. The molecule has 5 heteroatoms. The van der Waals surface area contributed by atoms with Crippen molar-refractivity contribution in [3.63, 3.8) is 0 Å². The number of rotatable bonds is 3. The molecular formula is C14H12BrClN2O. The van der Waals surface area contributed by atoms with Crippen LogP contribution in [-0.4, -0.2) is 5.91 Å². The fourth-order valence-electron chi connectivity index (χ4n) is 1.61. The standard InChI is InChI=1S/C14H12BrClN2O/c15-11-7-6-10(8-12(11)16)18-14(19)13(17)9-4-2-1-3-5-9/h1-8,13H,17H2,(H,18,19)/t13-/m1/s1. The Hall–Kier alpha value is -1.36. The van der Waals surface area contributed by atoms with Gasteiger partial charge in [0.25, 0.3) is 0 Å². The zero-order valence-corrected chi connectivity index (χ0v) is 12.3. The normalized spacial score (nSPS) is 11.9. The van der Waals surface area contributed by atoms with E-state index in [-0.39, 0.29) is 5.91 Å². The minimum atomic E-state index is -0.705. The van der Waals surface area contributed by atoms with Crippen LogP contribution < -0.4 is 11.1 Å². The van der Waals surface area contributed by atoms with E-state index < -0.39 is 6.04 Å². The number of benzene rings is 2. The highest BCUT2D eigenvalue weighted by Gasteiger charge is 2.15. The van der Waals surface area contributed by atoms with E-state index in [4.69, 9.17) is 17.3 Å². The number of anilines is 1. The maximum absolute atomic E-state index is 12.0. The molecule has 3 nitrogen and oxygen atoms in total. The molecule has 0 unspecified atom stereocenters. The minimum absolute atomic E-state index is 0.274. The lowest BCUT2D eigenvalue weighted by molar-refractivity contribution is -0.117. The van der Waals surface area contributed by atoms with Crippen LogP contribution in [0.4, 0.5) is 5.69 Å². The molecule has 0 saturated heterocycles. The van der Waals surface area contributed by atoms with Crippen LogP contribution in [0.25, 0.3) is 0 Å². The molecule has 2 rings (SSSR count). The topological polar surface area (TPSA) is 55.1 Å². The van der Waals surface area contributed by atoms with Crippen molar-refractivity contribution in [1.29, 1.82) is 0 Å². The van der Waals surface area contributed by atoms with Crippen molar-refractivity contribution in [2.45, 2.75) is 6.04 Å². The van der Waals surface area contributed by atoms with E-state index >= 15 is 0 Å². The monoisotopic (exact) mass is 338 g/mol. The van der Waals surface area contributed by atoms with Crippen LogP contribution in [0, 0.1) is 0 Å². The number of halogens is 2. The summed E-state index contributed by atoms with van der Waals surface area (Å²) in [6.07, 6.45) is 0. The van der Waals surface area contributed by atoms with Crippen LogP contribution in [0.15, 0.2) is 53.0 Å². The lowest BCUT2D eigenvalue weighted by Gasteiger charge is -2.13. The van der Waals surface area contributed by atoms with Gasteiger partial charge in [-0.05, 0) is 39.7 Å². The molecule has 19 heavy (non-hydrogen) atoms. The Balaban J connectivity index is 2.10. The van der Waals surface area contributed by atoms with Crippen LogP contribution in [0.5, 0.6) is 0 Å². The first-order valence-corrected chi connectivity index (χ1v) is 6.81. The fourth-order valence-corrected chi connectivity index (χ4v) is 2.03. The summed E-state index contributed by atoms with van der Waals surface area (Å²) in [7, 11) is 0. The summed E-state index contributed by atoms with van der Waals surface area (Å²) in [6, 6.07) is 13.7. The minimum Gasteiger partial charge on any atom is -0.324 e. The lowest BCUT2D eigenvalue weighted by atomic mass is 10.1. The van der Waals surface area contributed by atoms with Crippen molar-refractivity contribution in [1.82, 2.24) is 0 Å². The van der Waals surface area contributed by atoms with E-state index in [1.807, 2.05) is 30.3 Å². The molecule has 0 aromatic heterocycles. The summed E-state index contributed by atoms with van der Waals surface area (Å²) in [4.78, 5) is 12.0. The third kappa shape index (κ3) is 3.56. The van der Waals surface area contributed by atoms with Gasteiger partial charge in [-0.3, -0.25) is 4.79 Å². The maximum Gasteiger partial charge on any atom is 0.245 e. The van der Waals surface area contributed by atoms with E-state index in [1.54, 1.807) is 18.2 Å². The molecule has 0 spiro atoms. The number of hydrogen-bond donors (Lipinski definition) is 2. The summed E-state index contributed by atoms with van der Waals surface area (Å²) < 4.78 is 0.777. The average Bonchev–Trinajstić information content (AvgIpc) is 2.43. The Morgan fingerprint density at radius 3 is 2.53 bits per heavy atom. The van der Waals surface area contributed by atoms with Gasteiger partial charge < -0.3 is 11.1 Å². The molecule has 3 N–H and O–H groups in total. The molecule has 0 fully saturated rings. The van der Waals surface area contributed by atoms with Gasteiger partial charge in [-0.2, -0.15) is 0 Å². The molecule has 1 atom stereocenters. The van der Waals surface area contributed by atoms with Gasteiger partial charge in [-0.1, -0.05) is 41.9 Å². The molecule has 1 amide bonds. The second-order valence-corrected chi connectivity index (χ2v) is 5.27. The van der Waals surface area contributed by atoms with Crippen molar-refractivity contribution >= 4 is 39.1 Å². The average molecular weight is 340 g/mol. The molecule has 0 bridgehead atoms. The summed E-state index contributed by atoms with van der Waals surface area (Å²) >= 11 is 9.26. The predicted molar refractivity (Wildman–Crippen MR) is 81.2 cm³/mol. The predicted octanol–water partition coefficient (Wildman–Crippen LogP) is 3.74. The first-order chi connectivity index (χ1) is 9.08. The van der Waals surface area contributed by atoms with Crippen molar-refractivity contribution in [3.05, 3.63) is 63.6 Å². The highest BCUT2D eigenvalue weighted by Crippen LogP contribution is 2.26. The molecule has 2 aromatic rings. The summed E-state index contributed by atoms with van der Waals surface area (Å²) in [5.41, 5.74) is 7.28. The van der Waals surface area contributed by atoms with Gasteiger partial charge in [-0.25, -0.2) is 0 Å². The number of carbonyl (C=O) groups excluding carboxylic acids is 1. The molecule has 0 aliphatic rings. The quantitative estimate of drug-likeness (QED) is 0.895. The van der Waals surface area contributed by atoms with E-state index in [9.17, 15) is 4.79 Å². The third-order valence-electron chi connectivity index (χ3n) is 2.63. The van der Waals surface area contributed by atoms with Gasteiger partial charge in [0, 0.05) is 10.2 Å². The zero-order valence-electron chi connectivity index (χ0n) is 9.94. The van der Waals surface area contributed by atoms with Crippen LogP contribution in [0.2, 0.25) is 5.02 Å². The first kappa shape index (κ1) is 14.1. The van der Waals surface area contributed by atoms with Gasteiger partial charge in [-0.15, -0.1) is 0 Å². The lowest BCUT2D eigenvalue weighted by Crippen LogP contribution is -2.27. The Morgan fingerprint density at radius 2 is 1.89 bits per heavy atom. The van der Waals surface area contributed by atoms with Gasteiger partial charge in [0.2, 0.25) is 5.91 Å². The Bertz CT molecular complexity index is 589. The Labute approximate surface area is 124 Å². The van der Waals surface area contributed by atoms with Crippen molar-refractivity contribution in [3.8, 4) is 0 Å². The van der Waals surface area contributed by atoms with E-state index in [2.05, 4.69) is 21.2 Å². The second kappa shape index (κ2) is 6.19. The number of hydrogen-bond acceptors (Lipinski definition) is 2. The highest BCUT2D eigenvalue weighted by molar-refractivity contribution is 9.10. The van der Waals surface area contributed by atoms with Crippen molar-refractivity contribution in [2.75, 3.05) is 5.32 Å². The maximum atomic E-state index is 12.0. The molecule has 2 aromatic carbocycles. The SMILES string of the molecule is N[C@@H](C(=O)Nc1ccc(Br)c(Cl)c1)c1ccccc1. The molecule has 0 heterocycles. The molecule has 0 radical (unpaired) electrons. The van der Waals surface area contributed by atoms with Gasteiger partial charge in [0.05, 0.1) is 5.02 Å². The van der Waals surface area contributed by atoms with Crippen molar-refractivity contribution < 1.29 is 4.79 Å². The van der Waals surface area contributed by atoms with Gasteiger partial charge >= 0.3 is 0 Å². The number of carbonyl (C=O) groups is 1. The van der Waals surface area contributed by atoms with Crippen molar-refractivity contribution in [2.24, 2.45) is 5.73 Å².